The zero-order valence-electron chi connectivity index (χ0n) is 7.89. The van der Waals surface area contributed by atoms with E-state index >= 15 is 0 Å². The SMILES string of the molecule is CCCNC(C)C(C)S(C)=O. The van der Waals surface area contributed by atoms with Crippen LogP contribution in [0.2, 0.25) is 0 Å². The lowest BCUT2D eigenvalue weighted by Crippen LogP contribution is -2.38. The Morgan fingerprint density at radius 2 is 2.00 bits per heavy atom. The average Bonchev–Trinajstić information content (AvgIpc) is 1.98. The van der Waals surface area contributed by atoms with Crippen molar-refractivity contribution in [3.05, 3.63) is 0 Å². The molecule has 0 bridgehead atoms. The molecule has 0 aromatic carbocycles. The normalized spacial score (nSPS) is 19.3. The van der Waals surface area contributed by atoms with Crippen molar-refractivity contribution in [3.63, 3.8) is 0 Å². The molecule has 11 heavy (non-hydrogen) atoms. The van der Waals surface area contributed by atoms with Gasteiger partial charge in [0.25, 0.3) is 0 Å². The molecule has 0 aliphatic carbocycles. The topological polar surface area (TPSA) is 29.1 Å². The molecule has 0 saturated heterocycles. The van der Waals surface area contributed by atoms with Crippen molar-refractivity contribution >= 4 is 10.8 Å². The van der Waals surface area contributed by atoms with Crippen molar-refractivity contribution in [2.45, 2.75) is 38.5 Å². The maximum atomic E-state index is 11.0. The van der Waals surface area contributed by atoms with Crippen LogP contribution in [0.1, 0.15) is 27.2 Å². The second-order valence-corrected chi connectivity index (χ2v) is 4.69. The van der Waals surface area contributed by atoms with Gasteiger partial charge in [-0.1, -0.05) is 6.92 Å². The molecule has 0 radical (unpaired) electrons. The first-order chi connectivity index (χ1) is 5.09. The predicted octanol–water partition coefficient (Wildman–Crippen LogP) is 1.14. The van der Waals surface area contributed by atoms with E-state index in [1.807, 2.05) is 6.92 Å². The van der Waals surface area contributed by atoms with E-state index in [9.17, 15) is 4.21 Å². The summed E-state index contributed by atoms with van der Waals surface area (Å²) in [5, 5.41) is 3.57. The summed E-state index contributed by atoms with van der Waals surface area (Å²) in [4.78, 5) is 0. The number of rotatable bonds is 5. The van der Waals surface area contributed by atoms with E-state index in [0.29, 0.717) is 6.04 Å². The van der Waals surface area contributed by atoms with Crippen LogP contribution in [-0.4, -0.2) is 28.3 Å². The first-order valence-electron chi connectivity index (χ1n) is 4.15. The van der Waals surface area contributed by atoms with Crippen molar-refractivity contribution in [2.24, 2.45) is 0 Å². The molecule has 3 atom stereocenters. The molecule has 1 N–H and O–H groups in total. The van der Waals surface area contributed by atoms with Gasteiger partial charge in [-0.3, -0.25) is 4.21 Å². The van der Waals surface area contributed by atoms with Gasteiger partial charge in [0.2, 0.25) is 0 Å². The van der Waals surface area contributed by atoms with Crippen molar-refractivity contribution in [1.82, 2.24) is 5.32 Å². The Morgan fingerprint density at radius 1 is 1.45 bits per heavy atom. The van der Waals surface area contributed by atoms with Gasteiger partial charge in [-0.2, -0.15) is 0 Å². The lowest BCUT2D eigenvalue weighted by molar-refractivity contribution is 0.533. The second-order valence-electron chi connectivity index (χ2n) is 2.95. The molecular formula is C8H19NOS. The van der Waals surface area contributed by atoms with Gasteiger partial charge >= 0.3 is 0 Å². The summed E-state index contributed by atoms with van der Waals surface area (Å²) in [5.41, 5.74) is 0. The molecule has 2 nitrogen and oxygen atoms in total. The predicted molar refractivity (Wildman–Crippen MR) is 51.3 cm³/mol. The van der Waals surface area contributed by atoms with E-state index in [2.05, 4.69) is 19.2 Å². The largest absolute Gasteiger partial charge is 0.313 e. The molecule has 3 unspecified atom stereocenters. The Kier molecular flexibility index (Phi) is 5.78. The highest BCUT2D eigenvalue weighted by molar-refractivity contribution is 7.84. The fraction of sp³-hybridized carbons (Fsp3) is 1.00. The van der Waals surface area contributed by atoms with Crippen LogP contribution in [0.4, 0.5) is 0 Å². The van der Waals surface area contributed by atoms with Crippen LogP contribution < -0.4 is 5.32 Å². The molecule has 0 heterocycles. The van der Waals surface area contributed by atoms with Crippen LogP contribution in [0, 0.1) is 0 Å². The minimum Gasteiger partial charge on any atom is -0.313 e. The fourth-order valence-corrected chi connectivity index (χ4v) is 1.50. The third-order valence-corrected chi connectivity index (χ3v) is 3.40. The lowest BCUT2D eigenvalue weighted by atomic mass is 10.2. The van der Waals surface area contributed by atoms with Gasteiger partial charge in [0.15, 0.2) is 0 Å². The minimum atomic E-state index is -0.706. The van der Waals surface area contributed by atoms with Crippen LogP contribution in [-0.2, 0) is 10.8 Å². The highest BCUT2D eigenvalue weighted by Crippen LogP contribution is 1.99. The van der Waals surface area contributed by atoms with Gasteiger partial charge in [-0.15, -0.1) is 0 Å². The minimum absolute atomic E-state index is 0.251. The first kappa shape index (κ1) is 11.1. The van der Waals surface area contributed by atoms with Crippen molar-refractivity contribution in [1.29, 1.82) is 0 Å². The van der Waals surface area contributed by atoms with Crippen LogP contribution in [0.5, 0.6) is 0 Å². The van der Waals surface area contributed by atoms with Gasteiger partial charge in [-0.05, 0) is 26.8 Å². The zero-order valence-corrected chi connectivity index (χ0v) is 8.70. The summed E-state index contributed by atoms with van der Waals surface area (Å²) in [6.07, 6.45) is 2.89. The smallest absolute Gasteiger partial charge is 0.0467 e. The fourth-order valence-electron chi connectivity index (χ4n) is 0.825. The molecule has 0 rings (SSSR count). The van der Waals surface area contributed by atoms with Crippen LogP contribution in [0.25, 0.3) is 0 Å². The van der Waals surface area contributed by atoms with Gasteiger partial charge in [0.1, 0.15) is 0 Å². The summed E-state index contributed by atoms with van der Waals surface area (Å²) in [6.45, 7) is 7.25. The summed E-state index contributed by atoms with van der Waals surface area (Å²) in [5.74, 6) is 0. The summed E-state index contributed by atoms with van der Waals surface area (Å²) in [6, 6.07) is 0.362. The Bertz CT molecular complexity index is 127. The summed E-state index contributed by atoms with van der Waals surface area (Å²) >= 11 is 0. The van der Waals surface area contributed by atoms with Crippen LogP contribution in [0.15, 0.2) is 0 Å². The molecule has 0 saturated carbocycles. The summed E-state index contributed by atoms with van der Waals surface area (Å²) < 4.78 is 11.0. The lowest BCUT2D eigenvalue weighted by Gasteiger charge is -2.18. The first-order valence-corrected chi connectivity index (χ1v) is 5.77. The molecule has 0 amide bonds. The molecule has 0 aromatic heterocycles. The van der Waals surface area contributed by atoms with E-state index < -0.39 is 10.8 Å². The molecule has 0 fully saturated rings. The molecule has 68 valence electrons. The van der Waals surface area contributed by atoms with E-state index in [4.69, 9.17) is 0 Å². The Morgan fingerprint density at radius 3 is 2.36 bits per heavy atom. The van der Waals surface area contributed by atoms with Crippen molar-refractivity contribution in [2.75, 3.05) is 12.8 Å². The Hall–Kier alpha value is 0.110. The second kappa shape index (κ2) is 5.72. The molecule has 0 aliphatic rings. The number of nitrogens with one attached hydrogen (secondary N) is 1. The van der Waals surface area contributed by atoms with Crippen LogP contribution in [0.3, 0.4) is 0 Å². The Balaban J connectivity index is 3.63. The zero-order chi connectivity index (χ0) is 8.85. The highest BCUT2D eigenvalue weighted by atomic mass is 32.2. The molecule has 0 aromatic rings. The third kappa shape index (κ3) is 4.53. The third-order valence-electron chi connectivity index (χ3n) is 1.94. The van der Waals surface area contributed by atoms with E-state index in [-0.39, 0.29) is 5.25 Å². The monoisotopic (exact) mass is 177 g/mol. The van der Waals surface area contributed by atoms with Gasteiger partial charge < -0.3 is 5.32 Å². The van der Waals surface area contributed by atoms with Gasteiger partial charge in [-0.25, -0.2) is 0 Å². The van der Waals surface area contributed by atoms with Crippen LogP contribution >= 0.6 is 0 Å². The van der Waals surface area contributed by atoms with Crippen molar-refractivity contribution < 1.29 is 4.21 Å². The molecular weight excluding hydrogens is 158 g/mol. The molecule has 0 spiro atoms. The quantitative estimate of drug-likeness (QED) is 0.682. The van der Waals surface area contributed by atoms with E-state index in [0.717, 1.165) is 13.0 Å². The average molecular weight is 177 g/mol. The highest BCUT2D eigenvalue weighted by Gasteiger charge is 2.13. The summed E-state index contributed by atoms with van der Waals surface area (Å²) in [7, 11) is -0.706. The van der Waals surface area contributed by atoms with Crippen molar-refractivity contribution in [3.8, 4) is 0 Å². The maximum absolute atomic E-state index is 11.0. The van der Waals surface area contributed by atoms with Gasteiger partial charge in [0.05, 0.1) is 0 Å². The number of hydrogen-bond acceptors (Lipinski definition) is 2. The Labute approximate surface area is 72.2 Å². The molecule has 3 heteroatoms. The number of hydrogen-bond donors (Lipinski definition) is 1. The standard InChI is InChI=1S/C8H19NOS/c1-5-6-9-7(2)8(3)11(4)10/h7-9H,5-6H2,1-4H3. The van der Waals surface area contributed by atoms with E-state index in [1.54, 1.807) is 6.26 Å². The van der Waals surface area contributed by atoms with Gasteiger partial charge in [0, 0.05) is 28.3 Å². The van der Waals surface area contributed by atoms with E-state index in [1.165, 1.54) is 0 Å². The maximum Gasteiger partial charge on any atom is 0.0467 e. The molecule has 0 aliphatic heterocycles.